The van der Waals surface area contributed by atoms with Crippen LogP contribution < -0.4 is 10.6 Å². The number of urea groups is 1. The van der Waals surface area contributed by atoms with Crippen molar-refractivity contribution < 1.29 is 14.8 Å². The molecule has 0 saturated heterocycles. The van der Waals surface area contributed by atoms with Crippen LogP contribution >= 0.6 is 0 Å². The zero-order valence-corrected chi connectivity index (χ0v) is 11.6. The number of non-ortho nitro benzene ring substituents is 1. The average molecular weight is 293 g/mol. The van der Waals surface area contributed by atoms with Gasteiger partial charge in [0.2, 0.25) is 0 Å². The fourth-order valence-corrected chi connectivity index (χ4v) is 2.62. The molecule has 2 amide bonds. The number of carbonyl (C=O) groups excluding carboxylic acids is 1. The third-order valence-corrected chi connectivity index (χ3v) is 3.80. The molecule has 2 rings (SSSR count). The molecular weight excluding hydrogens is 274 g/mol. The molecule has 3 N–H and O–H groups in total. The van der Waals surface area contributed by atoms with E-state index in [9.17, 15) is 20.0 Å². The Labute approximate surface area is 122 Å². The van der Waals surface area contributed by atoms with E-state index in [0.717, 1.165) is 25.7 Å². The van der Waals surface area contributed by atoms with Gasteiger partial charge >= 0.3 is 6.03 Å². The summed E-state index contributed by atoms with van der Waals surface area (Å²) < 4.78 is 0. The summed E-state index contributed by atoms with van der Waals surface area (Å²) in [5, 5.41) is 25.4. The summed E-state index contributed by atoms with van der Waals surface area (Å²) in [6.07, 6.45) is 3.89. The number of rotatable bonds is 4. The van der Waals surface area contributed by atoms with Crippen molar-refractivity contribution in [2.75, 3.05) is 11.9 Å². The summed E-state index contributed by atoms with van der Waals surface area (Å²) in [7, 11) is 0. The van der Waals surface area contributed by atoms with Crippen LogP contribution in [-0.2, 0) is 0 Å². The monoisotopic (exact) mass is 293 g/mol. The molecule has 0 radical (unpaired) electrons. The number of nitrogens with one attached hydrogen (secondary N) is 2. The average Bonchev–Trinajstić information content (AvgIpc) is 2.48. The number of hydrogen-bond donors (Lipinski definition) is 3. The molecule has 2 atom stereocenters. The lowest BCUT2D eigenvalue weighted by Crippen LogP contribution is -2.45. The molecule has 0 aliphatic heterocycles. The molecular formula is C14H19N3O4. The predicted molar refractivity (Wildman–Crippen MR) is 78.1 cm³/mol. The fraction of sp³-hybridized carbons (Fsp3) is 0.500. The molecule has 1 fully saturated rings. The number of aliphatic hydroxyl groups excluding tert-OH is 1. The maximum Gasteiger partial charge on any atom is 0.319 e. The zero-order chi connectivity index (χ0) is 15.2. The Balaban J connectivity index is 1.90. The van der Waals surface area contributed by atoms with Crippen LogP contribution in [0.1, 0.15) is 25.7 Å². The van der Waals surface area contributed by atoms with Crippen molar-refractivity contribution in [2.24, 2.45) is 5.92 Å². The molecule has 0 heterocycles. The summed E-state index contributed by atoms with van der Waals surface area (Å²) in [6, 6.07) is 5.28. The minimum Gasteiger partial charge on any atom is -0.396 e. The molecule has 1 aliphatic rings. The molecule has 0 bridgehead atoms. The number of nitro benzene ring substituents is 1. The first-order valence-corrected chi connectivity index (χ1v) is 7.03. The second-order valence-corrected chi connectivity index (χ2v) is 5.24. The minimum atomic E-state index is -0.488. The SMILES string of the molecule is O=C(Nc1ccc([N+](=O)[O-])cc1)NC1CCCCC1CO. The van der Waals surface area contributed by atoms with Gasteiger partial charge in [-0.1, -0.05) is 12.8 Å². The molecule has 1 aromatic carbocycles. The Morgan fingerprint density at radius 3 is 2.57 bits per heavy atom. The molecule has 0 aromatic heterocycles. The Kier molecular flexibility index (Phi) is 5.10. The summed E-state index contributed by atoms with van der Waals surface area (Å²) in [5.41, 5.74) is 0.475. The van der Waals surface area contributed by atoms with Crippen LogP contribution in [0.3, 0.4) is 0 Å². The van der Waals surface area contributed by atoms with Crippen molar-refractivity contribution >= 4 is 17.4 Å². The van der Waals surface area contributed by atoms with Gasteiger partial charge in [0.1, 0.15) is 0 Å². The van der Waals surface area contributed by atoms with E-state index in [0.29, 0.717) is 5.69 Å². The summed E-state index contributed by atoms with van der Waals surface area (Å²) in [4.78, 5) is 22.0. The van der Waals surface area contributed by atoms with E-state index in [2.05, 4.69) is 10.6 Å². The van der Waals surface area contributed by atoms with Crippen LogP contribution in [0.2, 0.25) is 0 Å². The van der Waals surface area contributed by atoms with Crippen molar-refractivity contribution in [1.82, 2.24) is 5.32 Å². The molecule has 1 aliphatic carbocycles. The Hall–Kier alpha value is -2.15. The molecule has 0 spiro atoms. The smallest absolute Gasteiger partial charge is 0.319 e. The maximum atomic E-state index is 11.9. The molecule has 2 unspecified atom stereocenters. The van der Waals surface area contributed by atoms with E-state index in [1.54, 1.807) is 0 Å². The van der Waals surface area contributed by atoms with Crippen LogP contribution in [0.4, 0.5) is 16.2 Å². The normalized spacial score (nSPS) is 21.6. The highest BCUT2D eigenvalue weighted by molar-refractivity contribution is 5.89. The quantitative estimate of drug-likeness (QED) is 0.585. The highest BCUT2D eigenvalue weighted by atomic mass is 16.6. The van der Waals surface area contributed by atoms with Gasteiger partial charge in [-0.2, -0.15) is 0 Å². The third-order valence-electron chi connectivity index (χ3n) is 3.80. The number of nitro groups is 1. The lowest BCUT2D eigenvalue weighted by Gasteiger charge is -2.30. The number of carbonyl (C=O) groups is 1. The number of nitrogens with zero attached hydrogens (tertiary/aromatic N) is 1. The molecule has 7 nitrogen and oxygen atoms in total. The third kappa shape index (κ3) is 4.16. The van der Waals surface area contributed by atoms with Crippen LogP contribution in [0, 0.1) is 16.0 Å². The number of benzene rings is 1. The van der Waals surface area contributed by atoms with Gasteiger partial charge in [0.15, 0.2) is 0 Å². The molecule has 1 saturated carbocycles. The van der Waals surface area contributed by atoms with Crippen molar-refractivity contribution in [2.45, 2.75) is 31.7 Å². The summed E-state index contributed by atoms with van der Waals surface area (Å²) >= 11 is 0. The van der Waals surface area contributed by atoms with Crippen molar-refractivity contribution in [3.63, 3.8) is 0 Å². The first-order valence-electron chi connectivity index (χ1n) is 7.03. The van der Waals surface area contributed by atoms with Gasteiger partial charge in [-0.05, 0) is 25.0 Å². The van der Waals surface area contributed by atoms with Gasteiger partial charge in [0, 0.05) is 36.4 Å². The second-order valence-electron chi connectivity index (χ2n) is 5.24. The highest BCUT2D eigenvalue weighted by Crippen LogP contribution is 2.24. The zero-order valence-electron chi connectivity index (χ0n) is 11.6. The predicted octanol–water partition coefficient (Wildman–Crippen LogP) is 2.27. The minimum absolute atomic E-state index is 0.0198. The second kappa shape index (κ2) is 7.03. The van der Waals surface area contributed by atoms with Crippen molar-refractivity contribution in [3.05, 3.63) is 34.4 Å². The standard InChI is InChI=1S/C14H19N3O4/c18-9-10-3-1-2-4-13(10)16-14(19)15-11-5-7-12(8-6-11)17(20)21/h5-8,10,13,18H,1-4,9H2,(H2,15,16,19). The Morgan fingerprint density at radius 1 is 1.29 bits per heavy atom. The van der Waals surface area contributed by atoms with Crippen molar-refractivity contribution in [3.8, 4) is 0 Å². The number of amides is 2. The highest BCUT2D eigenvalue weighted by Gasteiger charge is 2.25. The van der Waals surface area contributed by atoms with E-state index in [1.165, 1.54) is 24.3 Å². The Morgan fingerprint density at radius 2 is 1.95 bits per heavy atom. The largest absolute Gasteiger partial charge is 0.396 e. The molecule has 1 aromatic rings. The van der Waals surface area contributed by atoms with Crippen LogP contribution in [-0.4, -0.2) is 28.7 Å². The number of hydrogen-bond acceptors (Lipinski definition) is 4. The van der Waals surface area contributed by atoms with E-state index in [-0.39, 0.29) is 30.3 Å². The summed E-state index contributed by atoms with van der Waals surface area (Å²) in [6.45, 7) is 0.0719. The number of aliphatic hydroxyl groups is 1. The van der Waals surface area contributed by atoms with E-state index < -0.39 is 4.92 Å². The van der Waals surface area contributed by atoms with Crippen molar-refractivity contribution in [1.29, 1.82) is 0 Å². The topological polar surface area (TPSA) is 104 Å². The van der Waals surface area contributed by atoms with Crippen LogP contribution in [0.15, 0.2) is 24.3 Å². The van der Waals surface area contributed by atoms with Gasteiger partial charge in [-0.15, -0.1) is 0 Å². The first kappa shape index (κ1) is 15.2. The van der Waals surface area contributed by atoms with Gasteiger partial charge in [0.05, 0.1) is 4.92 Å². The van der Waals surface area contributed by atoms with Gasteiger partial charge in [-0.25, -0.2) is 4.79 Å². The molecule has 114 valence electrons. The fourth-order valence-electron chi connectivity index (χ4n) is 2.62. The van der Waals surface area contributed by atoms with Gasteiger partial charge in [0.25, 0.3) is 5.69 Å². The first-order chi connectivity index (χ1) is 10.1. The van der Waals surface area contributed by atoms with E-state index in [4.69, 9.17) is 0 Å². The number of anilines is 1. The van der Waals surface area contributed by atoms with Gasteiger partial charge < -0.3 is 15.7 Å². The maximum absolute atomic E-state index is 11.9. The molecule has 21 heavy (non-hydrogen) atoms. The lowest BCUT2D eigenvalue weighted by atomic mass is 9.85. The van der Waals surface area contributed by atoms with Crippen LogP contribution in [0.25, 0.3) is 0 Å². The van der Waals surface area contributed by atoms with Crippen LogP contribution in [0.5, 0.6) is 0 Å². The van der Waals surface area contributed by atoms with Gasteiger partial charge in [-0.3, -0.25) is 10.1 Å². The summed E-state index contributed by atoms with van der Waals surface area (Å²) in [5.74, 6) is 0.0985. The Bertz CT molecular complexity index is 503. The molecule has 7 heteroatoms. The van der Waals surface area contributed by atoms with E-state index in [1.807, 2.05) is 0 Å². The van der Waals surface area contributed by atoms with E-state index >= 15 is 0 Å². The lowest BCUT2D eigenvalue weighted by molar-refractivity contribution is -0.384.